The molecule has 3 rings (SSSR count). The van der Waals surface area contributed by atoms with Crippen LogP contribution in [0.15, 0.2) is 12.1 Å². The standard InChI is InChI=1S/C17H22N2O6/c1-11(17(21)19-3-5-23-6-4-19)18-16(20)12-9-13(22-2)15-14(10-12)24-7-8-25-15/h9-11H,3-8H2,1-2H3,(H,18,20). The highest BCUT2D eigenvalue weighted by atomic mass is 16.6. The van der Waals surface area contributed by atoms with Crippen LogP contribution in [-0.2, 0) is 9.53 Å². The quantitative estimate of drug-likeness (QED) is 0.848. The molecule has 1 saturated heterocycles. The summed E-state index contributed by atoms with van der Waals surface area (Å²) in [6.07, 6.45) is 0. The fraction of sp³-hybridized carbons (Fsp3) is 0.529. The highest BCUT2D eigenvalue weighted by Gasteiger charge is 2.26. The van der Waals surface area contributed by atoms with Gasteiger partial charge in [0.05, 0.1) is 20.3 Å². The number of morpholine rings is 1. The zero-order valence-electron chi connectivity index (χ0n) is 14.4. The predicted octanol–water partition coefficient (Wildman–Crippen LogP) is 0.444. The summed E-state index contributed by atoms with van der Waals surface area (Å²) in [5.74, 6) is 0.880. The summed E-state index contributed by atoms with van der Waals surface area (Å²) in [6, 6.07) is 2.54. The molecule has 0 radical (unpaired) electrons. The minimum atomic E-state index is -0.634. The zero-order chi connectivity index (χ0) is 17.8. The first kappa shape index (κ1) is 17.3. The number of fused-ring (bicyclic) bond motifs is 1. The van der Waals surface area contributed by atoms with E-state index < -0.39 is 6.04 Å². The first-order chi connectivity index (χ1) is 12.1. The van der Waals surface area contributed by atoms with Gasteiger partial charge >= 0.3 is 0 Å². The van der Waals surface area contributed by atoms with Crippen LogP contribution in [0.1, 0.15) is 17.3 Å². The van der Waals surface area contributed by atoms with Crippen molar-refractivity contribution >= 4 is 11.8 Å². The van der Waals surface area contributed by atoms with E-state index >= 15 is 0 Å². The predicted molar refractivity (Wildman–Crippen MR) is 88.3 cm³/mol. The molecule has 136 valence electrons. The second-order valence-corrected chi connectivity index (χ2v) is 5.84. The fourth-order valence-corrected chi connectivity index (χ4v) is 2.80. The highest BCUT2D eigenvalue weighted by Crippen LogP contribution is 2.40. The van der Waals surface area contributed by atoms with E-state index in [-0.39, 0.29) is 11.8 Å². The molecule has 2 aliphatic rings. The molecule has 8 heteroatoms. The molecule has 1 aromatic carbocycles. The van der Waals surface area contributed by atoms with Crippen molar-refractivity contribution in [3.63, 3.8) is 0 Å². The molecule has 0 bridgehead atoms. The van der Waals surface area contributed by atoms with Crippen LogP contribution in [-0.4, -0.2) is 69.4 Å². The number of benzene rings is 1. The van der Waals surface area contributed by atoms with Gasteiger partial charge in [0.25, 0.3) is 5.91 Å². The lowest BCUT2D eigenvalue weighted by atomic mass is 10.1. The van der Waals surface area contributed by atoms with Crippen LogP contribution in [0.5, 0.6) is 17.2 Å². The van der Waals surface area contributed by atoms with Crippen LogP contribution in [0.4, 0.5) is 0 Å². The summed E-state index contributed by atoms with van der Waals surface area (Å²) in [5, 5.41) is 2.73. The molecule has 0 aliphatic carbocycles. The number of carbonyl (C=O) groups is 2. The smallest absolute Gasteiger partial charge is 0.252 e. The van der Waals surface area contributed by atoms with Crippen LogP contribution in [0.25, 0.3) is 0 Å². The Kier molecular flexibility index (Phi) is 5.28. The first-order valence-corrected chi connectivity index (χ1v) is 8.25. The van der Waals surface area contributed by atoms with Crippen molar-refractivity contribution in [3.8, 4) is 17.2 Å². The second kappa shape index (κ2) is 7.60. The Hall–Kier alpha value is -2.48. The Balaban J connectivity index is 1.71. The van der Waals surface area contributed by atoms with Crippen molar-refractivity contribution in [1.29, 1.82) is 0 Å². The number of carbonyl (C=O) groups excluding carboxylic acids is 2. The molecular formula is C17H22N2O6. The lowest BCUT2D eigenvalue weighted by molar-refractivity contribution is -0.136. The van der Waals surface area contributed by atoms with Gasteiger partial charge in [-0.3, -0.25) is 9.59 Å². The van der Waals surface area contributed by atoms with Crippen LogP contribution in [0.3, 0.4) is 0 Å². The molecular weight excluding hydrogens is 328 g/mol. The van der Waals surface area contributed by atoms with E-state index in [0.717, 1.165) is 0 Å². The van der Waals surface area contributed by atoms with E-state index in [1.54, 1.807) is 24.0 Å². The van der Waals surface area contributed by atoms with Crippen molar-refractivity contribution in [2.24, 2.45) is 0 Å². The van der Waals surface area contributed by atoms with Gasteiger partial charge in [0.2, 0.25) is 11.7 Å². The SMILES string of the molecule is COc1cc(C(=O)NC(C)C(=O)N2CCOCC2)cc2c1OCCO2. The lowest BCUT2D eigenvalue weighted by Crippen LogP contribution is -2.50. The number of hydrogen-bond donors (Lipinski definition) is 1. The van der Waals surface area contributed by atoms with Crippen molar-refractivity contribution in [2.45, 2.75) is 13.0 Å². The van der Waals surface area contributed by atoms with Gasteiger partial charge in [-0.25, -0.2) is 0 Å². The molecule has 0 saturated carbocycles. The minimum absolute atomic E-state index is 0.124. The van der Waals surface area contributed by atoms with E-state index in [0.29, 0.717) is 62.3 Å². The van der Waals surface area contributed by atoms with Gasteiger partial charge in [-0.2, -0.15) is 0 Å². The van der Waals surface area contributed by atoms with Crippen LogP contribution in [0.2, 0.25) is 0 Å². The molecule has 2 amide bonds. The number of methoxy groups -OCH3 is 1. The van der Waals surface area contributed by atoms with Crippen molar-refractivity contribution in [3.05, 3.63) is 17.7 Å². The summed E-state index contributed by atoms with van der Waals surface area (Å²) >= 11 is 0. The maximum atomic E-state index is 12.5. The average molecular weight is 350 g/mol. The molecule has 8 nitrogen and oxygen atoms in total. The molecule has 1 N–H and O–H groups in total. The van der Waals surface area contributed by atoms with Crippen molar-refractivity contribution in [1.82, 2.24) is 10.2 Å². The first-order valence-electron chi connectivity index (χ1n) is 8.25. The fourth-order valence-electron chi connectivity index (χ4n) is 2.80. The normalized spacial score (nSPS) is 17.6. The Bertz CT molecular complexity index is 640. The number of amides is 2. The molecule has 1 unspecified atom stereocenters. The molecule has 0 aromatic heterocycles. The third kappa shape index (κ3) is 3.79. The van der Waals surface area contributed by atoms with Gasteiger partial charge in [-0.15, -0.1) is 0 Å². The molecule has 0 spiro atoms. The van der Waals surface area contributed by atoms with E-state index in [2.05, 4.69) is 5.32 Å². The Morgan fingerprint density at radius 2 is 1.88 bits per heavy atom. The van der Waals surface area contributed by atoms with Gasteiger partial charge in [0.1, 0.15) is 19.3 Å². The van der Waals surface area contributed by atoms with Gasteiger partial charge < -0.3 is 29.2 Å². The molecule has 1 aromatic rings. The summed E-state index contributed by atoms with van der Waals surface area (Å²) in [7, 11) is 1.50. The van der Waals surface area contributed by atoms with Gasteiger partial charge in [-0.1, -0.05) is 0 Å². The van der Waals surface area contributed by atoms with Gasteiger partial charge in [0.15, 0.2) is 11.5 Å². The summed E-state index contributed by atoms with van der Waals surface area (Å²) in [6.45, 7) is 4.63. The second-order valence-electron chi connectivity index (χ2n) is 5.84. The monoisotopic (exact) mass is 350 g/mol. The summed E-state index contributed by atoms with van der Waals surface area (Å²) < 4.78 is 21.6. The van der Waals surface area contributed by atoms with E-state index in [4.69, 9.17) is 18.9 Å². The number of nitrogens with zero attached hydrogens (tertiary/aromatic N) is 1. The molecule has 2 aliphatic heterocycles. The number of nitrogens with one attached hydrogen (secondary N) is 1. The largest absolute Gasteiger partial charge is 0.493 e. The van der Waals surface area contributed by atoms with Crippen LogP contribution in [0, 0.1) is 0 Å². The Morgan fingerprint density at radius 1 is 1.16 bits per heavy atom. The minimum Gasteiger partial charge on any atom is -0.493 e. The summed E-state index contributed by atoms with van der Waals surface area (Å²) in [4.78, 5) is 26.6. The van der Waals surface area contributed by atoms with Crippen molar-refractivity contribution in [2.75, 3.05) is 46.6 Å². The Morgan fingerprint density at radius 3 is 2.60 bits per heavy atom. The topological polar surface area (TPSA) is 86.3 Å². The molecule has 1 atom stereocenters. The van der Waals surface area contributed by atoms with E-state index in [1.807, 2.05) is 0 Å². The van der Waals surface area contributed by atoms with Gasteiger partial charge in [-0.05, 0) is 19.1 Å². The van der Waals surface area contributed by atoms with Crippen LogP contribution < -0.4 is 19.5 Å². The number of hydrogen-bond acceptors (Lipinski definition) is 6. The van der Waals surface area contributed by atoms with Crippen LogP contribution >= 0.6 is 0 Å². The third-order valence-corrected chi connectivity index (χ3v) is 4.13. The zero-order valence-corrected chi connectivity index (χ0v) is 14.4. The Labute approximate surface area is 146 Å². The third-order valence-electron chi connectivity index (χ3n) is 4.13. The average Bonchev–Trinajstić information content (AvgIpc) is 2.67. The number of ether oxygens (including phenoxy) is 4. The lowest BCUT2D eigenvalue weighted by Gasteiger charge is -2.29. The highest BCUT2D eigenvalue weighted by molar-refractivity contribution is 5.98. The maximum Gasteiger partial charge on any atom is 0.252 e. The number of rotatable bonds is 4. The van der Waals surface area contributed by atoms with Crippen molar-refractivity contribution < 1.29 is 28.5 Å². The van der Waals surface area contributed by atoms with Gasteiger partial charge in [0, 0.05) is 18.7 Å². The maximum absolute atomic E-state index is 12.5. The molecule has 2 heterocycles. The summed E-state index contributed by atoms with van der Waals surface area (Å²) in [5.41, 5.74) is 0.350. The molecule has 1 fully saturated rings. The van der Waals surface area contributed by atoms with E-state index in [1.165, 1.54) is 7.11 Å². The molecule has 25 heavy (non-hydrogen) atoms. The van der Waals surface area contributed by atoms with E-state index in [9.17, 15) is 9.59 Å².